The molecule has 0 bridgehead atoms. The van der Waals surface area contributed by atoms with Crippen LogP contribution in [0.2, 0.25) is 0 Å². The van der Waals surface area contributed by atoms with E-state index >= 15 is 0 Å². The Morgan fingerprint density at radius 3 is 2.56 bits per heavy atom. The first-order valence-corrected chi connectivity index (χ1v) is 7.24. The van der Waals surface area contributed by atoms with Crippen LogP contribution in [0.4, 0.5) is 0 Å². The maximum absolute atomic E-state index is 11.5. The number of carbonyl (C=O) groups excluding carboxylic acids is 1. The van der Waals surface area contributed by atoms with E-state index in [0.717, 1.165) is 39.0 Å². The van der Waals surface area contributed by atoms with Crippen LogP contribution >= 0.6 is 0 Å². The molecular weight excluding hydrogens is 228 g/mol. The van der Waals surface area contributed by atoms with Gasteiger partial charge in [0.05, 0.1) is 0 Å². The zero-order valence-corrected chi connectivity index (χ0v) is 11.8. The lowest BCUT2D eigenvalue weighted by molar-refractivity contribution is -0.124. The van der Waals surface area contributed by atoms with Crippen molar-refractivity contribution in [2.45, 2.75) is 39.5 Å². The van der Waals surface area contributed by atoms with Crippen LogP contribution in [0.1, 0.15) is 39.5 Å². The number of carbonyl (C=O) groups is 1. The largest absolute Gasteiger partial charge is 0.396 e. The fourth-order valence-corrected chi connectivity index (χ4v) is 2.31. The Morgan fingerprint density at radius 1 is 1.33 bits per heavy atom. The van der Waals surface area contributed by atoms with Crippen molar-refractivity contribution >= 4 is 5.91 Å². The third-order valence-electron chi connectivity index (χ3n) is 3.68. The molecule has 1 aliphatic heterocycles. The molecule has 0 unspecified atom stereocenters. The van der Waals surface area contributed by atoms with Crippen LogP contribution in [0.25, 0.3) is 0 Å². The lowest BCUT2D eigenvalue weighted by Crippen LogP contribution is -2.39. The molecule has 0 aromatic carbocycles. The van der Waals surface area contributed by atoms with Crippen molar-refractivity contribution in [2.24, 2.45) is 11.8 Å². The van der Waals surface area contributed by atoms with Crippen molar-refractivity contribution in [1.82, 2.24) is 10.2 Å². The number of hydrogen-bond donors (Lipinski definition) is 2. The molecule has 1 heterocycles. The van der Waals surface area contributed by atoms with Gasteiger partial charge in [-0.15, -0.1) is 0 Å². The summed E-state index contributed by atoms with van der Waals surface area (Å²) in [6.07, 6.45) is 4.35. The smallest absolute Gasteiger partial charge is 0.222 e. The van der Waals surface area contributed by atoms with E-state index in [1.54, 1.807) is 0 Å². The van der Waals surface area contributed by atoms with Gasteiger partial charge in [0, 0.05) is 19.1 Å². The molecule has 0 aromatic heterocycles. The highest BCUT2D eigenvalue weighted by Crippen LogP contribution is 2.16. The van der Waals surface area contributed by atoms with E-state index in [1.165, 1.54) is 12.8 Å². The SMILES string of the molecule is CC(C)C(=O)NCC1CCN(CCCCO)CC1. The Labute approximate surface area is 111 Å². The number of unbranched alkanes of at least 4 members (excludes halogenated alkanes) is 1. The molecule has 1 amide bonds. The maximum Gasteiger partial charge on any atom is 0.222 e. The van der Waals surface area contributed by atoms with Crippen LogP contribution in [0.5, 0.6) is 0 Å². The molecule has 106 valence electrons. The number of piperidine rings is 1. The first-order chi connectivity index (χ1) is 8.63. The summed E-state index contributed by atoms with van der Waals surface area (Å²) in [6, 6.07) is 0. The number of amides is 1. The predicted octanol–water partition coefficient (Wildman–Crippen LogP) is 1.24. The van der Waals surface area contributed by atoms with E-state index in [9.17, 15) is 4.79 Å². The Kier molecular flexibility index (Phi) is 7.28. The molecule has 2 N–H and O–H groups in total. The molecule has 1 aliphatic rings. The number of nitrogens with zero attached hydrogens (tertiary/aromatic N) is 1. The average molecular weight is 256 g/mol. The van der Waals surface area contributed by atoms with Gasteiger partial charge in [0.2, 0.25) is 5.91 Å². The molecule has 0 aliphatic carbocycles. The van der Waals surface area contributed by atoms with Gasteiger partial charge in [-0.05, 0) is 51.2 Å². The highest BCUT2D eigenvalue weighted by molar-refractivity contribution is 5.77. The quantitative estimate of drug-likeness (QED) is 0.674. The highest BCUT2D eigenvalue weighted by atomic mass is 16.2. The number of rotatable bonds is 7. The van der Waals surface area contributed by atoms with Crippen LogP contribution in [0.3, 0.4) is 0 Å². The summed E-state index contributed by atoms with van der Waals surface area (Å²) in [5, 5.41) is 11.8. The van der Waals surface area contributed by atoms with Crippen molar-refractivity contribution in [3.63, 3.8) is 0 Å². The summed E-state index contributed by atoms with van der Waals surface area (Å²) in [5.74, 6) is 0.894. The van der Waals surface area contributed by atoms with E-state index in [1.807, 2.05) is 13.8 Å². The molecule has 0 saturated carbocycles. The lowest BCUT2D eigenvalue weighted by atomic mass is 9.96. The van der Waals surface area contributed by atoms with Gasteiger partial charge in [0.25, 0.3) is 0 Å². The molecular formula is C14H28N2O2. The normalized spacial score (nSPS) is 18.2. The molecule has 1 fully saturated rings. The number of aliphatic hydroxyl groups is 1. The fraction of sp³-hybridized carbons (Fsp3) is 0.929. The van der Waals surface area contributed by atoms with E-state index in [4.69, 9.17) is 5.11 Å². The summed E-state index contributed by atoms with van der Waals surface area (Å²) < 4.78 is 0. The number of aliphatic hydroxyl groups excluding tert-OH is 1. The molecule has 4 heteroatoms. The molecule has 0 radical (unpaired) electrons. The molecule has 1 rings (SSSR count). The number of nitrogens with one attached hydrogen (secondary N) is 1. The van der Waals surface area contributed by atoms with Crippen LogP contribution in [0, 0.1) is 11.8 Å². The minimum Gasteiger partial charge on any atom is -0.396 e. The Bertz CT molecular complexity index is 236. The molecule has 0 spiro atoms. The average Bonchev–Trinajstić information content (AvgIpc) is 2.37. The van der Waals surface area contributed by atoms with Gasteiger partial charge < -0.3 is 15.3 Å². The molecule has 0 atom stereocenters. The highest BCUT2D eigenvalue weighted by Gasteiger charge is 2.19. The van der Waals surface area contributed by atoms with Crippen LogP contribution in [-0.4, -0.2) is 48.7 Å². The van der Waals surface area contributed by atoms with Gasteiger partial charge in [-0.3, -0.25) is 4.79 Å². The van der Waals surface area contributed by atoms with Crippen molar-refractivity contribution in [3.05, 3.63) is 0 Å². The minimum atomic E-state index is 0.0866. The third kappa shape index (κ3) is 5.83. The monoisotopic (exact) mass is 256 g/mol. The van der Waals surface area contributed by atoms with Crippen LogP contribution < -0.4 is 5.32 Å². The Balaban J connectivity index is 2.10. The van der Waals surface area contributed by atoms with Crippen molar-refractivity contribution in [1.29, 1.82) is 0 Å². The van der Waals surface area contributed by atoms with Gasteiger partial charge in [-0.25, -0.2) is 0 Å². The molecule has 18 heavy (non-hydrogen) atoms. The van der Waals surface area contributed by atoms with Crippen molar-refractivity contribution in [3.8, 4) is 0 Å². The third-order valence-corrected chi connectivity index (χ3v) is 3.68. The second-order valence-electron chi connectivity index (χ2n) is 5.62. The fourth-order valence-electron chi connectivity index (χ4n) is 2.31. The topological polar surface area (TPSA) is 52.6 Å². The van der Waals surface area contributed by atoms with Gasteiger partial charge in [-0.1, -0.05) is 13.8 Å². The summed E-state index contributed by atoms with van der Waals surface area (Å²) in [6.45, 7) is 8.37. The van der Waals surface area contributed by atoms with Gasteiger partial charge >= 0.3 is 0 Å². The summed E-state index contributed by atoms with van der Waals surface area (Å²) in [4.78, 5) is 13.9. The first-order valence-electron chi connectivity index (χ1n) is 7.24. The second kappa shape index (κ2) is 8.48. The van der Waals surface area contributed by atoms with E-state index < -0.39 is 0 Å². The lowest BCUT2D eigenvalue weighted by Gasteiger charge is -2.32. The molecule has 4 nitrogen and oxygen atoms in total. The van der Waals surface area contributed by atoms with Crippen LogP contribution in [0.15, 0.2) is 0 Å². The van der Waals surface area contributed by atoms with E-state index in [2.05, 4.69) is 10.2 Å². The molecule has 1 saturated heterocycles. The minimum absolute atomic E-state index is 0.0866. The number of hydrogen-bond acceptors (Lipinski definition) is 3. The van der Waals surface area contributed by atoms with Gasteiger partial charge in [0.1, 0.15) is 0 Å². The summed E-state index contributed by atoms with van der Waals surface area (Å²) in [7, 11) is 0. The predicted molar refractivity (Wildman–Crippen MR) is 73.3 cm³/mol. The summed E-state index contributed by atoms with van der Waals surface area (Å²) in [5.41, 5.74) is 0. The van der Waals surface area contributed by atoms with E-state index in [0.29, 0.717) is 12.5 Å². The maximum atomic E-state index is 11.5. The Morgan fingerprint density at radius 2 is 2.00 bits per heavy atom. The first kappa shape index (κ1) is 15.4. The number of likely N-dealkylation sites (tertiary alicyclic amines) is 1. The van der Waals surface area contributed by atoms with E-state index in [-0.39, 0.29) is 11.8 Å². The van der Waals surface area contributed by atoms with Crippen LogP contribution in [-0.2, 0) is 4.79 Å². The second-order valence-corrected chi connectivity index (χ2v) is 5.62. The van der Waals surface area contributed by atoms with Gasteiger partial charge in [0.15, 0.2) is 0 Å². The summed E-state index contributed by atoms with van der Waals surface area (Å²) >= 11 is 0. The van der Waals surface area contributed by atoms with Crippen molar-refractivity contribution < 1.29 is 9.90 Å². The molecule has 0 aromatic rings. The Hall–Kier alpha value is -0.610. The zero-order valence-electron chi connectivity index (χ0n) is 11.8. The zero-order chi connectivity index (χ0) is 13.4. The standard InChI is InChI=1S/C14H28N2O2/c1-12(2)14(18)15-11-13-5-8-16(9-6-13)7-3-4-10-17/h12-13,17H,3-11H2,1-2H3,(H,15,18). The van der Waals surface area contributed by atoms with Gasteiger partial charge in [-0.2, -0.15) is 0 Å². The van der Waals surface area contributed by atoms with Crippen molar-refractivity contribution in [2.75, 3.05) is 32.8 Å².